The average molecular weight is 386 g/mol. The molecule has 138 valence electrons. The summed E-state index contributed by atoms with van der Waals surface area (Å²) in [5, 5.41) is 9.26. The Morgan fingerprint density at radius 1 is 1.44 bits per heavy atom. The summed E-state index contributed by atoms with van der Waals surface area (Å²) in [6.45, 7) is 2.44. The number of nitrogens with one attached hydrogen (secondary N) is 1. The van der Waals surface area contributed by atoms with Crippen molar-refractivity contribution in [3.63, 3.8) is 0 Å². The molecule has 1 aromatic rings. The Labute approximate surface area is 151 Å². The second kappa shape index (κ2) is 7.05. The molecule has 0 aromatic carbocycles. The van der Waals surface area contributed by atoms with Gasteiger partial charge < -0.3 is 10.0 Å². The number of sulfonamides is 1. The number of carboxylic acids is 1. The molecule has 1 aromatic heterocycles. The number of carbonyl (C=O) groups excluding carboxylic acids is 1. The van der Waals surface area contributed by atoms with Crippen LogP contribution in [0.5, 0.6) is 0 Å². The maximum absolute atomic E-state index is 12.5. The molecule has 1 aliphatic carbocycles. The van der Waals surface area contributed by atoms with Crippen molar-refractivity contribution < 1.29 is 23.1 Å². The number of rotatable bonds is 7. The van der Waals surface area contributed by atoms with Gasteiger partial charge in [-0.1, -0.05) is 12.8 Å². The van der Waals surface area contributed by atoms with Crippen molar-refractivity contribution >= 4 is 33.2 Å². The van der Waals surface area contributed by atoms with E-state index in [0.29, 0.717) is 31.8 Å². The maximum atomic E-state index is 12.5. The zero-order valence-corrected chi connectivity index (χ0v) is 15.7. The molecule has 2 aliphatic rings. The van der Waals surface area contributed by atoms with Crippen LogP contribution in [0.1, 0.15) is 36.6 Å². The van der Waals surface area contributed by atoms with Gasteiger partial charge in [0.15, 0.2) is 0 Å². The summed E-state index contributed by atoms with van der Waals surface area (Å²) in [6, 6.07) is 1.61. The highest BCUT2D eigenvalue weighted by Crippen LogP contribution is 2.35. The molecule has 0 radical (unpaired) electrons. The lowest BCUT2D eigenvalue weighted by Crippen LogP contribution is -2.33. The number of aliphatic carboxylic acids is 1. The van der Waals surface area contributed by atoms with Gasteiger partial charge in [0.1, 0.15) is 4.21 Å². The summed E-state index contributed by atoms with van der Waals surface area (Å²) in [7, 11) is -3.73. The number of nitrogens with zero attached hydrogens (tertiary/aromatic N) is 1. The molecule has 2 heterocycles. The van der Waals surface area contributed by atoms with Crippen LogP contribution in [0.2, 0.25) is 0 Å². The van der Waals surface area contributed by atoms with Gasteiger partial charge in [-0.15, -0.1) is 11.3 Å². The van der Waals surface area contributed by atoms with Gasteiger partial charge in [-0.3, -0.25) is 9.59 Å². The van der Waals surface area contributed by atoms with E-state index in [-0.39, 0.29) is 16.7 Å². The Bertz CT molecular complexity index is 782. The molecule has 3 rings (SSSR count). The number of carbonyl (C=O) groups is 2. The molecule has 0 saturated heterocycles. The molecular weight excluding hydrogens is 364 g/mol. The van der Waals surface area contributed by atoms with Gasteiger partial charge in [0.05, 0.1) is 5.92 Å². The van der Waals surface area contributed by atoms with Crippen molar-refractivity contribution in [1.29, 1.82) is 0 Å². The molecule has 1 aliphatic heterocycles. The summed E-state index contributed by atoms with van der Waals surface area (Å²) >= 11 is 1.21. The maximum Gasteiger partial charge on any atom is 0.307 e. The minimum atomic E-state index is -3.73. The van der Waals surface area contributed by atoms with Crippen LogP contribution in [0.4, 0.5) is 0 Å². The molecule has 7 nitrogen and oxygen atoms in total. The largest absolute Gasteiger partial charge is 0.481 e. The fraction of sp³-hybridized carbons (Fsp3) is 0.625. The van der Waals surface area contributed by atoms with E-state index in [0.717, 1.165) is 23.3 Å². The van der Waals surface area contributed by atoms with Gasteiger partial charge in [-0.05, 0) is 30.4 Å². The first-order chi connectivity index (χ1) is 11.8. The smallest absolute Gasteiger partial charge is 0.307 e. The second-order valence-corrected chi connectivity index (χ2v) is 9.90. The Morgan fingerprint density at radius 2 is 2.16 bits per heavy atom. The molecule has 1 saturated carbocycles. The molecular formula is C16H22N2O5S2. The predicted molar refractivity (Wildman–Crippen MR) is 92.8 cm³/mol. The minimum absolute atomic E-state index is 0.0243. The lowest BCUT2D eigenvalue weighted by Gasteiger charge is -2.25. The third kappa shape index (κ3) is 4.39. The first-order valence-corrected chi connectivity index (χ1v) is 10.7. The highest BCUT2D eigenvalue weighted by molar-refractivity contribution is 7.91. The minimum Gasteiger partial charge on any atom is -0.481 e. The molecule has 1 fully saturated rings. The zero-order chi connectivity index (χ0) is 18.2. The van der Waals surface area contributed by atoms with E-state index in [2.05, 4.69) is 4.72 Å². The second-order valence-electron chi connectivity index (χ2n) is 6.77. The fourth-order valence-electron chi connectivity index (χ4n) is 3.02. The monoisotopic (exact) mass is 386 g/mol. The molecule has 0 bridgehead atoms. The Kier molecular flexibility index (Phi) is 5.17. The zero-order valence-electron chi connectivity index (χ0n) is 14.0. The Hall–Kier alpha value is -1.45. The van der Waals surface area contributed by atoms with Crippen LogP contribution in [-0.4, -0.2) is 43.4 Å². The van der Waals surface area contributed by atoms with E-state index < -0.39 is 21.9 Å². The molecule has 0 spiro atoms. The van der Waals surface area contributed by atoms with Crippen molar-refractivity contribution in [2.24, 2.45) is 11.8 Å². The van der Waals surface area contributed by atoms with Crippen LogP contribution in [0.25, 0.3) is 0 Å². The van der Waals surface area contributed by atoms with E-state index in [1.807, 2.05) is 0 Å². The summed E-state index contributed by atoms with van der Waals surface area (Å²) in [5.41, 5.74) is 0.861. The number of fused-ring (bicyclic) bond motifs is 1. The SMILES string of the molecule is CC(=O)N1CCc2sc(S(=O)(=O)NCC(CC3CC3)C(=O)O)cc2C1. The summed E-state index contributed by atoms with van der Waals surface area (Å²) in [4.78, 5) is 25.5. The molecule has 2 N–H and O–H groups in total. The fourth-order valence-corrected chi connectivity index (χ4v) is 5.69. The van der Waals surface area contributed by atoms with E-state index in [1.165, 1.54) is 18.3 Å². The number of carboxylic acid groups (broad SMARTS) is 1. The van der Waals surface area contributed by atoms with E-state index in [4.69, 9.17) is 0 Å². The Balaban J connectivity index is 1.68. The lowest BCUT2D eigenvalue weighted by molar-refractivity contribution is -0.141. The molecule has 1 atom stereocenters. The predicted octanol–water partition coefficient (Wildman–Crippen LogP) is 1.43. The quantitative estimate of drug-likeness (QED) is 0.738. The third-order valence-corrected chi connectivity index (χ3v) is 7.87. The van der Waals surface area contributed by atoms with E-state index in [1.54, 1.807) is 11.0 Å². The average Bonchev–Trinajstić information content (AvgIpc) is 3.25. The Morgan fingerprint density at radius 3 is 2.76 bits per heavy atom. The number of amides is 1. The van der Waals surface area contributed by atoms with E-state index >= 15 is 0 Å². The van der Waals surface area contributed by atoms with Crippen molar-refractivity contribution in [3.8, 4) is 0 Å². The number of hydrogen-bond donors (Lipinski definition) is 2. The summed E-state index contributed by atoms with van der Waals surface area (Å²) in [5.74, 6) is -1.26. The molecule has 1 unspecified atom stereocenters. The number of thiophene rings is 1. The highest BCUT2D eigenvalue weighted by atomic mass is 32.2. The van der Waals surface area contributed by atoms with E-state index in [9.17, 15) is 23.1 Å². The topological polar surface area (TPSA) is 104 Å². The molecule has 9 heteroatoms. The highest BCUT2D eigenvalue weighted by Gasteiger charge is 2.31. The van der Waals surface area contributed by atoms with Crippen molar-refractivity contribution in [3.05, 3.63) is 16.5 Å². The van der Waals surface area contributed by atoms with Crippen LogP contribution in [0.3, 0.4) is 0 Å². The van der Waals surface area contributed by atoms with Gasteiger partial charge in [0.25, 0.3) is 0 Å². The number of hydrogen-bond acceptors (Lipinski definition) is 5. The third-order valence-electron chi connectivity index (χ3n) is 4.74. The van der Waals surface area contributed by atoms with Crippen LogP contribution < -0.4 is 4.72 Å². The first-order valence-electron chi connectivity index (χ1n) is 8.36. The standard InChI is InChI=1S/C16H22N2O5S2/c1-10(19)18-5-4-14-13(9-18)7-15(24-14)25(22,23)17-8-12(16(20)21)6-11-2-3-11/h7,11-12,17H,2-6,8-9H2,1H3,(H,20,21). The normalized spacial score (nSPS) is 18.7. The first kappa shape index (κ1) is 18.3. The van der Waals surface area contributed by atoms with Crippen LogP contribution in [0.15, 0.2) is 10.3 Å². The summed E-state index contributed by atoms with van der Waals surface area (Å²) < 4.78 is 27.7. The van der Waals surface area contributed by atoms with Gasteiger partial charge in [0.2, 0.25) is 15.9 Å². The van der Waals surface area contributed by atoms with Crippen LogP contribution in [0, 0.1) is 11.8 Å². The van der Waals surface area contributed by atoms with Crippen molar-refractivity contribution in [1.82, 2.24) is 9.62 Å². The van der Waals surface area contributed by atoms with Gasteiger partial charge >= 0.3 is 5.97 Å². The van der Waals surface area contributed by atoms with Crippen molar-refractivity contribution in [2.45, 2.75) is 43.4 Å². The summed E-state index contributed by atoms with van der Waals surface area (Å²) in [6.07, 6.45) is 3.22. The van der Waals surface area contributed by atoms with Crippen LogP contribution >= 0.6 is 11.3 Å². The lowest BCUT2D eigenvalue weighted by atomic mass is 10.0. The van der Waals surface area contributed by atoms with Gasteiger partial charge in [0, 0.05) is 31.4 Å². The molecule has 25 heavy (non-hydrogen) atoms. The van der Waals surface area contributed by atoms with Crippen molar-refractivity contribution in [2.75, 3.05) is 13.1 Å². The van der Waals surface area contributed by atoms with Gasteiger partial charge in [-0.2, -0.15) is 0 Å². The molecule has 1 amide bonds. The van der Waals surface area contributed by atoms with Gasteiger partial charge in [-0.25, -0.2) is 13.1 Å². The van der Waals surface area contributed by atoms with Crippen LogP contribution in [-0.2, 0) is 32.6 Å².